The molecule has 0 aliphatic carbocycles. The third-order valence-corrected chi connectivity index (χ3v) is 3.67. The zero-order valence-electron chi connectivity index (χ0n) is 11.6. The molecule has 2 aromatic carbocycles. The van der Waals surface area contributed by atoms with Gasteiger partial charge < -0.3 is 9.47 Å². The van der Waals surface area contributed by atoms with Crippen molar-refractivity contribution >= 4 is 10.8 Å². The maximum absolute atomic E-state index is 6.14. The van der Waals surface area contributed by atoms with Crippen LogP contribution in [0.4, 0.5) is 0 Å². The van der Waals surface area contributed by atoms with Gasteiger partial charge >= 0.3 is 0 Å². The van der Waals surface area contributed by atoms with E-state index in [0.717, 1.165) is 34.3 Å². The van der Waals surface area contributed by atoms with Gasteiger partial charge in [-0.05, 0) is 26.3 Å². The van der Waals surface area contributed by atoms with Gasteiger partial charge in [0, 0.05) is 22.8 Å². The van der Waals surface area contributed by atoms with E-state index in [-0.39, 0.29) is 5.60 Å². The third kappa shape index (κ3) is 1.79. The SMILES string of the molecule is C=COc1c(C)c2c(c3ccccc13)OC(C)(C)C2. The lowest BCUT2D eigenvalue weighted by Crippen LogP contribution is -2.24. The highest BCUT2D eigenvalue weighted by atomic mass is 16.5. The molecule has 0 saturated carbocycles. The van der Waals surface area contributed by atoms with Gasteiger partial charge in [-0.25, -0.2) is 0 Å². The van der Waals surface area contributed by atoms with Crippen LogP contribution in [-0.4, -0.2) is 5.60 Å². The quantitative estimate of drug-likeness (QED) is 0.740. The van der Waals surface area contributed by atoms with E-state index >= 15 is 0 Å². The fourth-order valence-corrected chi connectivity index (χ4v) is 2.85. The molecule has 0 unspecified atom stereocenters. The molecule has 0 saturated heterocycles. The first-order valence-electron chi connectivity index (χ1n) is 6.54. The Labute approximate surface area is 113 Å². The lowest BCUT2D eigenvalue weighted by atomic mass is 9.94. The molecule has 2 heteroatoms. The normalized spacial score (nSPS) is 15.9. The fraction of sp³-hybridized carbons (Fsp3) is 0.294. The van der Waals surface area contributed by atoms with Crippen molar-refractivity contribution in [2.75, 3.05) is 0 Å². The molecule has 0 amide bonds. The van der Waals surface area contributed by atoms with E-state index in [9.17, 15) is 0 Å². The molecule has 19 heavy (non-hydrogen) atoms. The fourth-order valence-electron chi connectivity index (χ4n) is 2.85. The van der Waals surface area contributed by atoms with Crippen LogP contribution in [0.2, 0.25) is 0 Å². The minimum absolute atomic E-state index is 0.150. The van der Waals surface area contributed by atoms with Crippen molar-refractivity contribution in [3.8, 4) is 11.5 Å². The Hall–Kier alpha value is -1.96. The summed E-state index contributed by atoms with van der Waals surface area (Å²) >= 11 is 0. The highest BCUT2D eigenvalue weighted by molar-refractivity contribution is 5.96. The van der Waals surface area contributed by atoms with Gasteiger partial charge in [0.05, 0.1) is 6.26 Å². The number of hydrogen-bond donors (Lipinski definition) is 0. The molecule has 3 rings (SSSR count). The average Bonchev–Trinajstić information content (AvgIpc) is 2.71. The molecular weight excluding hydrogens is 236 g/mol. The van der Waals surface area contributed by atoms with Crippen LogP contribution in [0.5, 0.6) is 11.5 Å². The first kappa shape index (κ1) is 12.1. The zero-order chi connectivity index (χ0) is 13.6. The molecule has 0 N–H and O–H groups in total. The lowest BCUT2D eigenvalue weighted by molar-refractivity contribution is 0.140. The number of rotatable bonds is 2. The van der Waals surface area contributed by atoms with Crippen molar-refractivity contribution < 1.29 is 9.47 Å². The van der Waals surface area contributed by atoms with Crippen LogP contribution < -0.4 is 9.47 Å². The Morgan fingerprint density at radius 2 is 1.95 bits per heavy atom. The van der Waals surface area contributed by atoms with Crippen molar-refractivity contribution in [2.45, 2.75) is 32.8 Å². The summed E-state index contributed by atoms with van der Waals surface area (Å²) in [6, 6.07) is 8.20. The van der Waals surface area contributed by atoms with Crippen LogP contribution in [-0.2, 0) is 6.42 Å². The maximum atomic E-state index is 6.14. The van der Waals surface area contributed by atoms with Gasteiger partial charge in [-0.3, -0.25) is 0 Å². The second-order valence-corrected chi connectivity index (χ2v) is 5.63. The van der Waals surface area contributed by atoms with Crippen molar-refractivity contribution in [3.05, 3.63) is 48.2 Å². The summed E-state index contributed by atoms with van der Waals surface area (Å²) in [6.07, 6.45) is 2.40. The highest BCUT2D eigenvalue weighted by Crippen LogP contribution is 2.46. The Morgan fingerprint density at radius 3 is 2.63 bits per heavy atom. The molecule has 0 bridgehead atoms. The highest BCUT2D eigenvalue weighted by Gasteiger charge is 2.34. The minimum atomic E-state index is -0.150. The Morgan fingerprint density at radius 1 is 1.26 bits per heavy atom. The second kappa shape index (κ2) is 4.02. The van der Waals surface area contributed by atoms with E-state index in [0.29, 0.717) is 0 Å². The van der Waals surface area contributed by atoms with Crippen LogP contribution in [0.25, 0.3) is 10.8 Å². The van der Waals surface area contributed by atoms with Gasteiger partial charge in [-0.15, -0.1) is 0 Å². The standard InChI is InChI=1S/C17H18O2/c1-5-18-15-11(2)14-10-17(3,4)19-16(14)13-9-7-6-8-12(13)15/h5-9H,1,10H2,2-4H3. The van der Waals surface area contributed by atoms with E-state index in [1.54, 1.807) is 0 Å². The molecule has 2 aromatic rings. The largest absolute Gasteiger partial charge is 0.487 e. The number of fused-ring (bicyclic) bond motifs is 3. The van der Waals surface area contributed by atoms with Gasteiger partial charge in [0.25, 0.3) is 0 Å². The zero-order valence-corrected chi connectivity index (χ0v) is 11.6. The smallest absolute Gasteiger partial charge is 0.137 e. The van der Waals surface area contributed by atoms with E-state index in [2.05, 4.69) is 39.5 Å². The van der Waals surface area contributed by atoms with Crippen LogP contribution in [0.1, 0.15) is 25.0 Å². The molecule has 0 atom stereocenters. The first-order valence-corrected chi connectivity index (χ1v) is 6.54. The number of ether oxygens (including phenoxy) is 2. The second-order valence-electron chi connectivity index (χ2n) is 5.63. The Kier molecular flexibility index (Phi) is 2.56. The Bertz CT molecular complexity index is 669. The summed E-state index contributed by atoms with van der Waals surface area (Å²) in [5.74, 6) is 1.90. The minimum Gasteiger partial charge on any atom is -0.487 e. The third-order valence-electron chi connectivity index (χ3n) is 3.67. The van der Waals surface area contributed by atoms with E-state index in [1.807, 2.05) is 12.1 Å². The first-order chi connectivity index (χ1) is 9.03. The summed E-state index contributed by atoms with van der Waals surface area (Å²) in [6.45, 7) is 10.0. The van der Waals surface area contributed by atoms with Crippen molar-refractivity contribution in [3.63, 3.8) is 0 Å². The van der Waals surface area contributed by atoms with Gasteiger partial charge in [-0.2, -0.15) is 0 Å². The number of hydrogen-bond acceptors (Lipinski definition) is 2. The molecule has 0 fully saturated rings. The molecule has 98 valence electrons. The van der Waals surface area contributed by atoms with Crippen molar-refractivity contribution in [1.82, 2.24) is 0 Å². The molecule has 2 nitrogen and oxygen atoms in total. The number of benzene rings is 2. The summed E-state index contributed by atoms with van der Waals surface area (Å²) in [7, 11) is 0. The summed E-state index contributed by atoms with van der Waals surface area (Å²) < 4.78 is 11.8. The van der Waals surface area contributed by atoms with Crippen LogP contribution in [0.15, 0.2) is 37.1 Å². The predicted octanol–water partition coefficient (Wildman–Crippen LogP) is 4.38. The van der Waals surface area contributed by atoms with Gasteiger partial charge in [-0.1, -0.05) is 30.8 Å². The van der Waals surface area contributed by atoms with Crippen LogP contribution in [0.3, 0.4) is 0 Å². The molecular formula is C17H18O2. The molecule has 0 spiro atoms. The molecule has 1 heterocycles. The van der Waals surface area contributed by atoms with E-state index in [4.69, 9.17) is 9.47 Å². The predicted molar refractivity (Wildman–Crippen MR) is 77.9 cm³/mol. The molecule has 0 aromatic heterocycles. The lowest BCUT2D eigenvalue weighted by Gasteiger charge is -2.17. The van der Waals surface area contributed by atoms with Gasteiger partial charge in [0.2, 0.25) is 0 Å². The van der Waals surface area contributed by atoms with E-state index < -0.39 is 0 Å². The average molecular weight is 254 g/mol. The summed E-state index contributed by atoms with van der Waals surface area (Å²) in [5.41, 5.74) is 2.25. The van der Waals surface area contributed by atoms with E-state index in [1.165, 1.54) is 11.8 Å². The van der Waals surface area contributed by atoms with Gasteiger partial charge in [0.1, 0.15) is 17.1 Å². The van der Waals surface area contributed by atoms with Crippen molar-refractivity contribution in [2.24, 2.45) is 0 Å². The maximum Gasteiger partial charge on any atom is 0.137 e. The van der Waals surface area contributed by atoms with Crippen LogP contribution in [0, 0.1) is 6.92 Å². The Balaban J connectivity index is 2.37. The summed E-state index contributed by atoms with van der Waals surface area (Å²) in [4.78, 5) is 0. The summed E-state index contributed by atoms with van der Waals surface area (Å²) in [5, 5.41) is 2.20. The molecule has 1 aliphatic rings. The molecule has 0 radical (unpaired) electrons. The monoisotopic (exact) mass is 254 g/mol. The van der Waals surface area contributed by atoms with Gasteiger partial charge in [0.15, 0.2) is 0 Å². The molecule has 1 aliphatic heterocycles. The van der Waals surface area contributed by atoms with Crippen LogP contribution >= 0.6 is 0 Å². The topological polar surface area (TPSA) is 18.5 Å². The van der Waals surface area contributed by atoms with Crippen molar-refractivity contribution in [1.29, 1.82) is 0 Å².